The molecule has 0 aliphatic rings. The molecule has 0 bridgehead atoms. The first-order valence-electron chi connectivity index (χ1n) is 8.64. The maximum absolute atomic E-state index is 11.3. The first-order valence-corrected chi connectivity index (χ1v) is 8.64. The lowest BCUT2D eigenvalue weighted by molar-refractivity contribution is -0.120. The Hall–Kier alpha value is -3.00. The molecule has 1 amide bonds. The van der Waals surface area contributed by atoms with Crippen molar-refractivity contribution in [3.05, 3.63) is 59.2 Å². The van der Waals surface area contributed by atoms with Crippen LogP contribution in [0.1, 0.15) is 23.1 Å². The van der Waals surface area contributed by atoms with Crippen molar-refractivity contribution in [3.8, 4) is 17.6 Å². The van der Waals surface area contributed by atoms with Gasteiger partial charge in [0.15, 0.2) is 0 Å². The van der Waals surface area contributed by atoms with Crippen molar-refractivity contribution in [2.45, 2.75) is 26.7 Å². The lowest BCUT2D eigenvalue weighted by Crippen LogP contribution is -2.24. The van der Waals surface area contributed by atoms with Crippen molar-refractivity contribution < 1.29 is 14.3 Å². The van der Waals surface area contributed by atoms with Gasteiger partial charge >= 0.3 is 0 Å². The van der Waals surface area contributed by atoms with Gasteiger partial charge < -0.3 is 14.8 Å². The number of hydrogen-bond acceptors (Lipinski definition) is 4. The highest BCUT2D eigenvalue weighted by molar-refractivity contribution is 5.77. The standard InChI is InChI=1S/C21H24N2O3/c1-16-5-3-8-20(17(16)2)26-14-13-25-19-7-4-6-18(15-19)10-12-23-21(24)9-11-22/h3-8,15H,9-10,12-14H2,1-2H3,(H,23,24). The fourth-order valence-corrected chi connectivity index (χ4v) is 2.46. The van der Waals surface area contributed by atoms with E-state index in [0.717, 1.165) is 22.6 Å². The SMILES string of the molecule is Cc1cccc(OCCOc2cccc(CCNC(=O)CC#N)c2)c1C. The minimum absolute atomic E-state index is 0.108. The molecule has 0 aliphatic heterocycles. The van der Waals surface area contributed by atoms with Crippen LogP contribution in [0.25, 0.3) is 0 Å². The average Bonchev–Trinajstić information content (AvgIpc) is 2.63. The minimum atomic E-state index is -0.247. The van der Waals surface area contributed by atoms with Gasteiger partial charge in [-0.15, -0.1) is 0 Å². The van der Waals surface area contributed by atoms with Crippen LogP contribution >= 0.6 is 0 Å². The Morgan fingerprint density at radius 2 is 1.88 bits per heavy atom. The second kappa shape index (κ2) is 10.1. The molecule has 2 aromatic rings. The molecule has 0 atom stereocenters. The van der Waals surface area contributed by atoms with Crippen LogP contribution in [-0.2, 0) is 11.2 Å². The van der Waals surface area contributed by atoms with Gasteiger partial charge in [0.25, 0.3) is 0 Å². The number of benzene rings is 2. The van der Waals surface area contributed by atoms with Gasteiger partial charge in [-0.3, -0.25) is 4.79 Å². The molecule has 0 unspecified atom stereocenters. The van der Waals surface area contributed by atoms with Crippen LogP contribution in [0.4, 0.5) is 0 Å². The van der Waals surface area contributed by atoms with E-state index in [0.29, 0.717) is 26.2 Å². The number of amides is 1. The van der Waals surface area contributed by atoms with E-state index in [9.17, 15) is 4.79 Å². The highest BCUT2D eigenvalue weighted by atomic mass is 16.5. The number of rotatable bonds is 9. The quantitative estimate of drug-likeness (QED) is 0.703. The zero-order valence-corrected chi connectivity index (χ0v) is 15.2. The normalized spacial score (nSPS) is 10.0. The molecular weight excluding hydrogens is 328 g/mol. The molecule has 0 saturated carbocycles. The monoisotopic (exact) mass is 352 g/mol. The van der Waals surface area contributed by atoms with E-state index in [-0.39, 0.29) is 12.3 Å². The first kappa shape index (κ1) is 19.3. The Bertz CT molecular complexity index is 781. The molecule has 2 aromatic carbocycles. The number of aryl methyl sites for hydroxylation is 1. The van der Waals surface area contributed by atoms with Crippen LogP contribution < -0.4 is 14.8 Å². The Morgan fingerprint density at radius 3 is 2.69 bits per heavy atom. The lowest BCUT2D eigenvalue weighted by atomic mass is 10.1. The number of nitrogens with zero attached hydrogens (tertiary/aromatic N) is 1. The predicted molar refractivity (Wildman–Crippen MR) is 100 cm³/mol. The van der Waals surface area contributed by atoms with E-state index in [1.54, 1.807) is 0 Å². The molecule has 0 heterocycles. The molecule has 26 heavy (non-hydrogen) atoms. The van der Waals surface area contributed by atoms with Crippen molar-refractivity contribution in [1.29, 1.82) is 5.26 Å². The van der Waals surface area contributed by atoms with Gasteiger partial charge in [0.1, 0.15) is 31.1 Å². The van der Waals surface area contributed by atoms with Gasteiger partial charge in [-0.1, -0.05) is 24.3 Å². The number of carbonyl (C=O) groups is 1. The van der Waals surface area contributed by atoms with E-state index in [1.807, 2.05) is 49.4 Å². The molecule has 0 radical (unpaired) electrons. The molecule has 0 spiro atoms. The Morgan fingerprint density at radius 1 is 1.12 bits per heavy atom. The number of nitrogens with one attached hydrogen (secondary N) is 1. The third-order valence-electron chi connectivity index (χ3n) is 4.04. The smallest absolute Gasteiger partial charge is 0.234 e. The molecular formula is C21H24N2O3. The summed E-state index contributed by atoms with van der Waals surface area (Å²) in [4.78, 5) is 11.3. The van der Waals surface area contributed by atoms with Crippen molar-refractivity contribution in [2.24, 2.45) is 0 Å². The summed E-state index contributed by atoms with van der Waals surface area (Å²) in [6, 6.07) is 15.6. The summed E-state index contributed by atoms with van der Waals surface area (Å²) < 4.78 is 11.5. The van der Waals surface area contributed by atoms with Gasteiger partial charge in [-0.05, 0) is 55.2 Å². The summed E-state index contributed by atoms with van der Waals surface area (Å²) in [5.41, 5.74) is 3.42. The first-order chi connectivity index (χ1) is 12.6. The average molecular weight is 352 g/mol. The van der Waals surface area contributed by atoms with Crippen LogP contribution in [0.15, 0.2) is 42.5 Å². The van der Waals surface area contributed by atoms with Crippen molar-refractivity contribution in [1.82, 2.24) is 5.32 Å². The number of hydrogen-bond donors (Lipinski definition) is 1. The van der Waals surface area contributed by atoms with E-state index in [2.05, 4.69) is 18.3 Å². The van der Waals surface area contributed by atoms with Crippen LogP contribution in [-0.4, -0.2) is 25.7 Å². The molecule has 5 heteroatoms. The summed E-state index contributed by atoms with van der Waals surface area (Å²) >= 11 is 0. The van der Waals surface area contributed by atoms with Gasteiger partial charge in [-0.2, -0.15) is 5.26 Å². The second-order valence-corrected chi connectivity index (χ2v) is 5.98. The van der Waals surface area contributed by atoms with E-state index < -0.39 is 0 Å². The number of nitriles is 1. The summed E-state index contributed by atoms with van der Waals surface area (Å²) in [6.45, 7) is 5.53. The van der Waals surface area contributed by atoms with Gasteiger partial charge in [0.2, 0.25) is 5.91 Å². The minimum Gasteiger partial charge on any atom is -0.490 e. The van der Waals surface area contributed by atoms with Crippen LogP contribution in [0.3, 0.4) is 0 Å². The summed E-state index contributed by atoms with van der Waals surface area (Å²) in [7, 11) is 0. The molecule has 5 nitrogen and oxygen atoms in total. The van der Waals surface area contributed by atoms with Crippen molar-refractivity contribution in [3.63, 3.8) is 0 Å². The van der Waals surface area contributed by atoms with Gasteiger partial charge in [0, 0.05) is 6.54 Å². The maximum Gasteiger partial charge on any atom is 0.234 e. The fraction of sp³-hybridized carbons (Fsp3) is 0.333. The Labute approximate surface area is 154 Å². The van der Waals surface area contributed by atoms with Crippen LogP contribution in [0, 0.1) is 25.2 Å². The molecule has 0 fully saturated rings. The van der Waals surface area contributed by atoms with E-state index >= 15 is 0 Å². The second-order valence-electron chi connectivity index (χ2n) is 5.98. The third kappa shape index (κ3) is 6.14. The number of ether oxygens (including phenoxy) is 2. The van der Waals surface area contributed by atoms with Crippen LogP contribution in [0.2, 0.25) is 0 Å². The Kier molecular flexibility index (Phi) is 7.50. The van der Waals surface area contributed by atoms with E-state index in [1.165, 1.54) is 5.56 Å². The highest BCUT2D eigenvalue weighted by Crippen LogP contribution is 2.20. The maximum atomic E-state index is 11.3. The molecule has 2 rings (SSSR count). The third-order valence-corrected chi connectivity index (χ3v) is 4.04. The largest absolute Gasteiger partial charge is 0.490 e. The molecule has 0 aromatic heterocycles. The molecule has 0 saturated heterocycles. The topological polar surface area (TPSA) is 71.3 Å². The predicted octanol–water partition coefficient (Wildman–Crippen LogP) is 3.33. The Balaban J connectivity index is 1.75. The summed E-state index contributed by atoms with van der Waals surface area (Å²) in [5.74, 6) is 1.41. The van der Waals surface area contributed by atoms with Crippen molar-refractivity contribution >= 4 is 5.91 Å². The summed E-state index contributed by atoms with van der Waals surface area (Å²) in [5, 5.41) is 11.2. The zero-order valence-electron chi connectivity index (χ0n) is 15.2. The molecule has 136 valence electrons. The highest BCUT2D eigenvalue weighted by Gasteiger charge is 2.03. The molecule has 1 N–H and O–H groups in total. The van der Waals surface area contributed by atoms with E-state index in [4.69, 9.17) is 14.7 Å². The van der Waals surface area contributed by atoms with Crippen LogP contribution in [0.5, 0.6) is 11.5 Å². The lowest BCUT2D eigenvalue weighted by Gasteiger charge is -2.12. The number of carbonyl (C=O) groups excluding carboxylic acids is 1. The molecule has 0 aliphatic carbocycles. The zero-order chi connectivity index (χ0) is 18.8. The van der Waals surface area contributed by atoms with Gasteiger partial charge in [-0.25, -0.2) is 0 Å². The van der Waals surface area contributed by atoms with Gasteiger partial charge in [0.05, 0.1) is 6.07 Å². The summed E-state index contributed by atoms with van der Waals surface area (Å²) in [6.07, 6.45) is 0.580. The fourth-order valence-electron chi connectivity index (χ4n) is 2.46. The van der Waals surface area contributed by atoms with Crippen molar-refractivity contribution in [2.75, 3.05) is 19.8 Å².